The van der Waals surface area contributed by atoms with Gasteiger partial charge in [-0.1, -0.05) is 6.07 Å². The van der Waals surface area contributed by atoms with Gasteiger partial charge in [0.1, 0.15) is 0 Å². The number of alkyl halides is 3. The Hall–Kier alpha value is -3.08. The van der Waals surface area contributed by atoms with E-state index in [0.717, 1.165) is 25.0 Å². The zero-order valence-electron chi connectivity index (χ0n) is 18.4. The number of methoxy groups -OCH3 is 1. The molecule has 0 spiro atoms. The second kappa shape index (κ2) is 9.05. The van der Waals surface area contributed by atoms with Crippen LogP contribution in [0.25, 0.3) is 5.69 Å². The topological polar surface area (TPSA) is 79.7 Å². The number of piperazine rings is 1. The molecule has 1 aliphatic carbocycles. The summed E-state index contributed by atoms with van der Waals surface area (Å²) in [4.78, 5) is 29.1. The first-order valence-electron chi connectivity index (χ1n) is 10.8. The lowest BCUT2D eigenvalue weighted by molar-refractivity contribution is -0.137. The molecular formula is C22H26F3N5O3. The van der Waals surface area contributed by atoms with Crippen LogP contribution in [0.5, 0.6) is 5.75 Å². The first kappa shape index (κ1) is 23.1. The average molecular weight is 465 g/mol. The molecule has 1 aromatic carbocycles. The molecular weight excluding hydrogens is 439 g/mol. The number of aromatic nitrogens is 2. The number of amides is 2. The van der Waals surface area contributed by atoms with Crippen LogP contribution < -0.4 is 10.1 Å². The summed E-state index contributed by atoms with van der Waals surface area (Å²) >= 11 is 0. The van der Waals surface area contributed by atoms with E-state index < -0.39 is 11.7 Å². The van der Waals surface area contributed by atoms with Crippen molar-refractivity contribution in [2.45, 2.75) is 38.0 Å². The van der Waals surface area contributed by atoms with Gasteiger partial charge in [-0.3, -0.25) is 14.5 Å². The van der Waals surface area contributed by atoms with E-state index in [2.05, 4.69) is 10.4 Å². The van der Waals surface area contributed by atoms with Gasteiger partial charge in [-0.25, -0.2) is 4.68 Å². The van der Waals surface area contributed by atoms with E-state index in [9.17, 15) is 22.8 Å². The third-order valence-corrected chi connectivity index (χ3v) is 5.99. The van der Waals surface area contributed by atoms with Crippen molar-refractivity contribution in [2.75, 3.05) is 33.3 Å². The van der Waals surface area contributed by atoms with E-state index in [1.54, 1.807) is 4.90 Å². The minimum absolute atomic E-state index is 0.00113. The number of hydrogen-bond acceptors (Lipinski definition) is 5. The van der Waals surface area contributed by atoms with E-state index >= 15 is 0 Å². The zero-order chi connectivity index (χ0) is 23.8. The number of carbonyl (C=O) groups excluding carboxylic acids is 2. The predicted molar refractivity (Wildman–Crippen MR) is 113 cm³/mol. The summed E-state index contributed by atoms with van der Waals surface area (Å²) in [5.74, 6) is -0.192. The van der Waals surface area contributed by atoms with Crippen LogP contribution in [0.2, 0.25) is 0 Å². The standard InChI is InChI=1S/C22H26F3N5O3/c1-14(20(31)26-16-6-7-16)28-8-10-29(11-9-28)21(32)19-18(33-2)13-30(27-19)17-5-3-4-15(12-17)22(23,24)25/h3-5,12-14,16H,6-11H2,1-2H3,(H,26,31). The van der Waals surface area contributed by atoms with E-state index in [0.29, 0.717) is 32.2 Å². The lowest BCUT2D eigenvalue weighted by atomic mass is 10.2. The van der Waals surface area contributed by atoms with Gasteiger partial charge >= 0.3 is 6.18 Å². The molecule has 1 atom stereocenters. The van der Waals surface area contributed by atoms with Crippen molar-refractivity contribution in [3.05, 3.63) is 41.7 Å². The van der Waals surface area contributed by atoms with Crippen molar-refractivity contribution < 1.29 is 27.5 Å². The molecule has 1 unspecified atom stereocenters. The molecule has 2 aliphatic rings. The molecule has 1 aliphatic heterocycles. The second-order valence-electron chi connectivity index (χ2n) is 8.33. The van der Waals surface area contributed by atoms with Crippen molar-refractivity contribution in [1.82, 2.24) is 24.9 Å². The fourth-order valence-corrected chi connectivity index (χ4v) is 3.79. The van der Waals surface area contributed by atoms with E-state index in [-0.39, 0.29) is 35.0 Å². The Balaban J connectivity index is 1.45. The van der Waals surface area contributed by atoms with Crippen LogP contribution in [0.1, 0.15) is 35.8 Å². The Labute approximate surface area is 189 Å². The normalized spacial score (nSPS) is 18.2. The van der Waals surface area contributed by atoms with Gasteiger partial charge in [-0.05, 0) is 38.0 Å². The van der Waals surface area contributed by atoms with Crippen molar-refractivity contribution in [3.63, 3.8) is 0 Å². The van der Waals surface area contributed by atoms with Gasteiger partial charge in [0.25, 0.3) is 5.91 Å². The maximum atomic E-state index is 13.1. The highest BCUT2D eigenvalue weighted by Gasteiger charge is 2.33. The lowest BCUT2D eigenvalue weighted by Gasteiger charge is -2.37. The molecule has 33 heavy (non-hydrogen) atoms. The first-order valence-corrected chi connectivity index (χ1v) is 10.8. The summed E-state index contributed by atoms with van der Waals surface area (Å²) < 4.78 is 45.7. The van der Waals surface area contributed by atoms with E-state index in [1.165, 1.54) is 30.1 Å². The van der Waals surface area contributed by atoms with Crippen molar-refractivity contribution >= 4 is 11.8 Å². The van der Waals surface area contributed by atoms with Gasteiger partial charge in [0.05, 0.1) is 30.6 Å². The third-order valence-electron chi connectivity index (χ3n) is 5.99. The summed E-state index contributed by atoms with van der Waals surface area (Å²) in [6.45, 7) is 3.72. The minimum Gasteiger partial charge on any atom is -0.493 e. The van der Waals surface area contributed by atoms with Gasteiger partial charge in [0.2, 0.25) is 5.91 Å². The third kappa shape index (κ3) is 5.13. The van der Waals surface area contributed by atoms with E-state index in [1.807, 2.05) is 11.8 Å². The van der Waals surface area contributed by atoms with E-state index in [4.69, 9.17) is 4.74 Å². The highest BCUT2D eigenvalue weighted by Crippen LogP contribution is 2.31. The molecule has 1 aromatic heterocycles. The van der Waals surface area contributed by atoms with Gasteiger partial charge in [0, 0.05) is 32.2 Å². The van der Waals surface area contributed by atoms with Crippen LogP contribution in [-0.2, 0) is 11.0 Å². The molecule has 4 rings (SSSR count). The zero-order valence-corrected chi connectivity index (χ0v) is 18.4. The predicted octanol–water partition coefficient (Wildman–Crippen LogP) is 2.32. The smallest absolute Gasteiger partial charge is 0.416 e. The SMILES string of the molecule is COc1cn(-c2cccc(C(F)(F)F)c2)nc1C(=O)N1CCN(C(C)C(=O)NC2CC2)CC1. The Bertz CT molecular complexity index is 1030. The number of hydrogen-bond donors (Lipinski definition) is 1. The molecule has 1 saturated carbocycles. The van der Waals surface area contributed by atoms with Crippen LogP contribution in [0.15, 0.2) is 30.5 Å². The monoisotopic (exact) mass is 465 g/mol. The number of rotatable bonds is 6. The van der Waals surface area contributed by atoms with Crippen LogP contribution >= 0.6 is 0 Å². The van der Waals surface area contributed by atoms with Crippen molar-refractivity contribution in [2.24, 2.45) is 0 Å². The van der Waals surface area contributed by atoms with Crippen LogP contribution in [-0.4, -0.2) is 76.8 Å². The van der Waals surface area contributed by atoms with Gasteiger partial charge in [0.15, 0.2) is 11.4 Å². The quantitative estimate of drug-likeness (QED) is 0.709. The maximum absolute atomic E-state index is 13.1. The summed E-state index contributed by atoms with van der Waals surface area (Å²) in [6.07, 6.45) is -1.05. The molecule has 2 aromatic rings. The summed E-state index contributed by atoms with van der Waals surface area (Å²) in [7, 11) is 1.38. The second-order valence-corrected chi connectivity index (χ2v) is 8.33. The number of nitrogens with zero attached hydrogens (tertiary/aromatic N) is 4. The Kier molecular flexibility index (Phi) is 6.33. The Morgan fingerprint density at radius 2 is 1.88 bits per heavy atom. The van der Waals surface area contributed by atoms with Crippen LogP contribution in [0.3, 0.4) is 0 Å². The number of halogens is 3. The Morgan fingerprint density at radius 1 is 1.18 bits per heavy atom. The molecule has 1 N–H and O–H groups in total. The average Bonchev–Trinajstić information content (AvgIpc) is 3.52. The molecule has 2 amide bonds. The highest BCUT2D eigenvalue weighted by atomic mass is 19.4. The van der Waals surface area contributed by atoms with Crippen LogP contribution in [0.4, 0.5) is 13.2 Å². The molecule has 1 saturated heterocycles. The number of benzene rings is 1. The summed E-state index contributed by atoms with van der Waals surface area (Å²) in [5.41, 5.74) is -0.608. The van der Waals surface area contributed by atoms with Crippen LogP contribution in [0, 0.1) is 0 Å². The highest BCUT2D eigenvalue weighted by molar-refractivity contribution is 5.95. The molecule has 8 nitrogen and oxygen atoms in total. The molecule has 2 heterocycles. The van der Waals surface area contributed by atoms with Gasteiger partial charge in [-0.15, -0.1) is 0 Å². The first-order chi connectivity index (χ1) is 15.7. The number of nitrogens with one attached hydrogen (secondary N) is 1. The maximum Gasteiger partial charge on any atom is 0.416 e. The largest absolute Gasteiger partial charge is 0.493 e. The molecule has 178 valence electrons. The summed E-state index contributed by atoms with van der Waals surface area (Å²) in [6, 6.07) is 4.71. The fraction of sp³-hybridized carbons (Fsp3) is 0.500. The lowest BCUT2D eigenvalue weighted by Crippen LogP contribution is -2.55. The fourth-order valence-electron chi connectivity index (χ4n) is 3.79. The minimum atomic E-state index is -4.49. The summed E-state index contributed by atoms with van der Waals surface area (Å²) in [5, 5.41) is 7.22. The number of ether oxygens (including phenoxy) is 1. The van der Waals surface area contributed by atoms with Crippen molar-refractivity contribution in [3.8, 4) is 11.4 Å². The molecule has 0 radical (unpaired) electrons. The molecule has 2 fully saturated rings. The number of carbonyl (C=O) groups is 2. The van der Waals surface area contributed by atoms with Crippen molar-refractivity contribution in [1.29, 1.82) is 0 Å². The molecule has 0 bridgehead atoms. The van der Waals surface area contributed by atoms with Gasteiger partial charge in [-0.2, -0.15) is 18.3 Å². The Morgan fingerprint density at radius 3 is 2.48 bits per heavy atom. The van der Waals surface area contributed by atoms with Gasteiger partial charge < -0.3 is 15.0 Å². The molecule has 11 heteroatoms.